The number of nitro benzene ring substituents is 1. The molecule has 0 radical (unpaired) electrons. The molecule has 1 N–H and O–H groups in total. The van der Waals surface area contributed by atoms with E-state index in [1.165, 1.54) is 26.4 Å². The lowest BCUT2D eigenvalue weighted by Crippen LogP contribution is -2.29. The first kappa shape index (κ1) is 26.8. The fourth-order valence-electron chi connectivity index (χ4n) is 3.39. The van der Waals surface area contributed by atoms with E-state index in [4.69, 9.17) is 21.1 Å². The molecule has 190 valence electrons. The van der Waals surface area contributed by atoms with Crippen LogP contribution in [0.4, 0.5) is 11.4 Å². The van der Waals surface area contributed by atoms with Gasteiger partial charge in [-0.3, -0.25) is 19.2 Å². The first-order chi connectivity index (χ1) is 17.0. The minimum Gasteiger partial charge on any atom is -0.493 e. The number of nitro groups is 1. The number of non-ortho nitro benzene ring substituents is 1. The molecule has 36 heavy (non-hydrogen) atoms. The van der Waals surface area contributed by atoms with Crippen molar-refractivity contribution in [3.63, 3.8) is 0 Å². The monoisotopic (exact) mass is 533 g/mol. The Bertz CT molecular complexity index is 1380. The van der Waals surface area contributed by atoms with Gasteiger partial charge in [-0.2, -0.15) is 0 Å². The van der Waals surface area contributed by atoms with Crippen molar-refractivity contribution in [3.8, 4) is 11.5 Å². The van der Waals surface area contributed by atoms with Crippen LogP contribution in [0, 0.1) is 10.1 Å². The van der Waals surface area contributed by atoms with Crippen molar-refractivity contribution >= 4 is 38.9 Å². The van der Waals surface area contributed by atoms with Crippen molar-refractivity contribution in [1.29, 1.82) is 0 Å². The summed E-state index contributed by atoms with van der Waals surface area (Å²) in [5, 5.41) is 14.0. The van der Waals surface area contributed by atoms with Crippen LogP contribution in [0.3, 0.4) is 0 Å². The summed E-state index contributed by atoms with van der Waals surface area (Å²) in [7, 11) is -0.764. The van der Waals surface area contributed by atoms with Crippen LogP contribution < -0.4 is 19.1 Å². The highest BCUT2D eigenvalue weighted by atomic mass is 35.5. The second-order valence-electron chi connectivity index (χ2n) is 7.73. The second-order valence-corrected chi connectivity index (χ2v) is 10.0. The van der Waals surface area contributed by atoms with Gasteiger partial charge in [-0.15, -0.1) is 0 Å². The number of nitrogens with one attached hydrogen (secondary N) is 1. The highest BCUT2D eigenvalue weighted by molar-refractivity contribution is 7.92. The Hall–Kier alpha value is -3.83. The molecule has 1 amide bonds. The highest BCUT2D eigenvalue weighted by Gasteiger charge is 2.23. The van der Waals surface area contributed by atoms with E-state index in [-0.39, 0.29) is 35.4 Å². The van der Waals surface area contributed by atoms with E-state index in [1.807, 2.05) is 6.07 Å². The number of rotatable bonds is 10. The Labute approximate surface area is 213 Å². The van der Waals surface area contributed by atoms with Crippen molar-refractivity contribution in [1.82, 2.24) is 5.32 Å². The number of halogens is 1. The van der Waals surface area contributed by atoms with E-state index in [2.05, 4.69) is 5.32 Å². The fourth-order valence-corrected chi connectivity index (χ4v) is 4.55. The number of benzene rings is 3. The molecule has 0 fully saturated rings. The van der Waals surface area contributed by atoms with E-state index in [0.29, 0.717) is 22.6 Å². The topological polar surface area (TPSA) is 128 Å². The minimum absolute atomic E-state index is 0.00916. The van der Waals surface area contributed by atoms with Crippen LogP contribution in [0.1, 0.15) is 21.5 Å². The molecular weight excluding hydrogens is 510 g/mol. The summed E-state index contributed by atoms with van der Waals surface area (Å²) < 4.78 is 36.4. The van der Waals surface area contributed by atoms with E-state index in [1.54, 1.807) is 36.4 Å². The van der Waals surface area contributed by atoms with Crippen molar-refractivity contribution < 1.29 is 27.6 Å². The number of carbonyl (C=O) groups is 1. The molecule has 0 aromatic heterocycles. The lowest BCUT2D eigenvalue weighted by Gasteiger charge is -2.23. The fraction of sp³-hybridized carbons (Fsp3) is 0.208. The average Bonchev–Trinajstić information content (AvgIpc) is 2.85. The third kappa shape index (κ3) is 6.43. The molecule has 3 rings (SSSR count). The quantitative estimate of drug-likeness (QED) is 0.306. The van der Waals surface area contributed by atoms with Gasteiger partial charge in [0.1, 0.15) is 0 Å². The van der Waals surface area contributed by atoms with Crippen LogP contribution in [0.25, 0.3) is 0 Å². The molecule has 12 heteroatoms. The Morgan fingerprint density at radius 1 is 1.00 bits per heavy atom. The Morgan fingerprint density at radius 2 is 1.64 bits per heavy atom. The SMILES string of the molecule is COc1ccc(CNC(=O)c2ccc(CN(c3cc([N+](=O)[O-])ccc3Cl)S(C)(=O)=O)cc2)cc1OC. The summed E-state index contributed by atoms with van der Waals surface area (Å²) in [6.45, 7) is 0.126. The molecule has 0 aliphatic rings. The first-order valence-electron chi connectivity index (χ1n) is 10.5. The first-order valence-corrected chi connectivity index (χ1v) is 12.8. The number of sulfonamides is 1. The number of methoxy groups -OCH3 is 2. The van der Waals surface area contributed by atoms with Gasteiger partial charge in [-0.25, -0.2) is 8.42 Å². The molecule has 0 saturated carbocycles. The number of hydrogen-bond acceptors (Lipinski definition) is 7. The third-order valence-corrected chi connectivity index (χ3v) is 6.70. The largest absolute Gasteiger partial charge is 0.493 e. The van der Waals surface area contributed by atoms with Crippen LogP contribution in [-0.4, -0.2) is 39.7 Å². The lowest BCUT2D eigenvalue weighted by molar-refractivity contribution is -0.384. The molecule has 0 aliphatic heterocycles. The van der Waals surface area contributed by atoms with Crippen LogP contribution in [0.5, 0.6) is 11.5 Å². The van der Waals surface area contributed by atoms with Gasteiger partial charge in [0.25, 0.3) is 11.6 Å². The number of carbonyl (C=O) groups excluding carboxylic acids is 1. The maximum absolute atomic E-state index is 12.6. The summed E-state index contributed by atoms with van der Waals surface area (Å²) in [6.07, 6.45) is 0.984. The summed E-state index contributed by atoms with van der Waals surface area (Å²) in [5.41, 5.74) is 1.45. The number of anilines is 1. The maximum Gasteiger partial charge on any atom is 0.271 e. The standard InChI is InChI=1S/C24H24ClN3O7S/c1-34-22-11-6-17(12-23(22)35-2)14-26-24(29)18-7-4-16(5-8-18)15-27(36(3,32)33)21-13-19(28(30)31)9-10-20(21)25/h4-13H,14-15H2,1-3H3,(H,26,29). The summed E-state index contributed by atoms with van der Waals surface area (Å²) in [5.74, 6) is 0.809. The number of amides is 1. The van der Waals surface area contributed by atoms with Gasteiger partial charge in [-0.1, -0.05) is 29.8 Å². The van der Waals surface area contributed by atoms with Gasteiger partial charge < -0.3 is 14.8 Å². The zero-order valence-corrected chi connectivity index (χ0v) is 21.3. The zero-order valence-electron chi connectivity index (χ0n) is 19.7. The molecule has 0 saturated heterocycles. The molecule has 0 atom stereocenters. The number of ether oxygens (including phenoxy) is 2. The van der Waals surface area contributed by atoms with E-state index >= 15 is 0 Å². The molecule has 0 heterocycles. The third-order valence-electron chi connectivity index (χ3n) is 5.25. The van der Waals surface area contributed by atoms with E-state index in [0.717, 1.165) is 22.2 Å². The molecule has 0 aliphatic carbocycles. The van der Waals surface area contributed by atoms with E-state index < -0.39 is 14.9 Å². The van der Waals surface area contributed by atoms with Crippen LogP contribution in [0.15, 0.2) is 60.7 Å². The highest BCUT2D eigenvalue weighted by Crippen LogP contribution is 2.33. The smallest absolute Gasteiger partial charge is 0.271 e. The van der Waals surface area contributed by atoms with Gasteiger partial charge in [0.15, 0.2) is 11.5 Å². The van der Waals surface area contributed by atoms with Crippen molar-refractivity contribution in [2.75, 3.05) is 24.8 Å². The number of nitrogens with zero attached hydrogens (tertiary/aromatic N) is 2. The predicted octanol–water partition coefficient (Wildman–Crippen LogP) is 4.16. The van der Waals surface area contributed by atoms with Crippen molar-refractivity contribution in [3.05, 3.63) is 92.5 Å². The molecule has 0 unspecified atom stereocenters. The van der Waals surface area contributed by atoms with Gasteiger partial charge in [0.2, 0.25) is 10.0 Å². The zero-order chi connectivity index (χ0) is 26.5. The number of hydrogen-bond donors (Lipinski definition) is 1. The maximum atomic E-state index is 12.6. The van der Waals surface area contributed by atoms with Crippen LogP contribution >= 0.6 is 11.6 Å². The molecule has 3 aromatic carbocycles. The van der Waals surface area contributed by atoms with Crippen LogP contribution in [0.2, 0.25) is 5.02 Å². The average molecular weight is 534 g/mol. The van der Waals surface area contributed by atoms with Gasteiger partial charge in [0, 0.05) is 24.2 Å². The molecule has 0 spiro atoms. The van der Waals surface area contributed by atoms with Crippen molar-refractivity contribution in [2.45, 2.75) is 13.1 Å². The normalized spacial score (nSPS) is 11.0. The Balaban J connectivity index is 1.74. The molecule has 0 bridgehead atoms. The van der Waals surface area contributed by atoms with Gasteiger partial charge in [-0.05, 0) is 41.5 Å². The predicted molar refractivity (Wildman–Crippen MR) is 136 cm³/mol. The van der Waals surface area contributed by atoms with E-state index in [9.17, 15) is 23.3 Å². The lowest BCUT2D eigenvalue weighted by atomic mass is 10.1. The summed E-state index contributed by atoms with van der Waals surface area (Å²) in [6, 6.07) is 15.2. The minimum atomic E-state index is -3.83. The summed E-state index contributed by atoms with van der Waals surface area (Å²) in [4.78, 5) is 23.1. The molecular formula is C24H24ClN3O7S. The Morgan fingerprint density at radius 3 is 2.22 bits per heavy atom. The molecule has 10 nitrogen and oxygen atoms in total. The summed E-state index contributed by atoms with van der Waals surface area (Å²) >= 11 is 6.16. The van der Waals surface area contributed by atoms with Gasteiger partial charge in [0.05, 0.1) is 42.7 Å². The van der Waals surface area contributed by atoms with Crippen LogP contribution in [-0.2, 0) is 23.1 Å². The van der Waals surface area contributed by atoms with Crippen molar-refractivity contribution in [2.24, 2.45) is 0 Å². The van der Waals surface area contributed by atoms with Gasteiger partial charge >= 0.3 is 0 Å². The molecule has 3 aromatic rings. The second kappa shape index (κ2) is 11.3. The Kier molecular flexibility index (Phi) is 8.38.